The second kappa shape index (κ2) is 10.7. The van der Waals surface area contributed by atoms with Crippen molar-refractivity contribution in [2.75, 3.05) is 26.3 Å². The molecule has 0 spiro atoms. The maximum absolute atomic E-state index is 13.6. The number of rotatable bonds is 6. The van der Waals surface area contributed by atoms with Crippen LogP contribution in [0.4, 0.5) is 0 Å². The Labute approximate surface area is 190 Å². The Morgan fingerprint density at radius 3 is 2.06 bits per heavy atom. The lowest BCUT2D eigenvalue weighted by Crippen LogP contribution is -2.44. The van der Waals surface area contributed by atoms with E-state index in [1.807, 2.05) is 36.4 Å². The van der Waals surface area contributed by atoms with Crippen LogP contribution in [0.5, 0.6) is 0 Å². The highest BCUT2D eigenvalue weighted by Crippen LogP contribution is 2.35. The van der Waals surface area contributed by atoms with Gasteiger partial charge < -0.3 is 15.0 Å². The molecule has 0 atom stereocenters. The molecule has 7 nitrogen and oxygen atoms in total. The van der Waals surface area contributed by atoms with Gasteiger partial charge in [-0.3, -0.25) is 9.59 Å². The minimum atomic E-state index is -0.356. The second-order valence-electron chi connectivity index (χ2n) is 6.93. The van der Waals surface area contributed by atoms with E-state index in [4.69, 9.17) is 4.74 Å². The SMILES string of the molecule is O=C(N/C(C(=O)N1CCOCC1)=C(/Sc1ncccn1)c1ccccc1)c1ccccc1. The number of morpholine rings is 1. The molecule has 1 fully saturated rings. The van der Waals surface area contributed by atoms with Gasteiger partial charge in [-0.05, 0) is 35.5 Å². The molecule has 0 radical (unpaired) electrons. The molecular formula is C24H22N4O3S. The summed E-state index contributed by atoms with van der Waals surface area (Å²) in [6.45, 7) is 1.83. The van der Waals surface area contributed by atoms with E-state index in [1.54, 1.807) is 47.6 Å². The molecule has 2 aromatic carbocycles. The standard InChI is InChI=1S/C24H22N4O3S/c29-22(19-10-5-2-6-11-19)27-20(23(30)28-14-16-31-17-15-28)21(18-8-3-1-4-9-18)32-24-25-12-7-13-26-24/h1-13H,14-17H2,(H,27,29)/b21-20+. The summed E-state index contributed by atoms with van der Waals surface area (Å²) in [6, 6.07) is 20.0. The average Bonchev–Trinajstić information content (AvgIpc) is 2.88. The smallest absolute Gasteiger partial charge is 0.271 e. The van der Waals surface area contributed by atoms with Crippen LogP contribution in [0.3, 0.4) is 0 Å². The van der Waals surface area contributed by atoms with Crippen molar-refractivity contribution in [3.05, 3.63) is 95.9 Å². The van der Waals surface area contributed by atoms with Gasteiger partial charge in [0.2, 0.25) is 0 Å². The summed E-state index contributed by atoms with van der Waals surface area (Å²) in [5, 5.41) is 3.36. The molecule has 8 heteroatoms. The van der Waals surface area contributed by atoms with Crippen molar-refractivity contribution in [3.63, 3.8) is 0 Å². The predicted molar refractivity (Wildman–Crippen MR) is 123 cm³/mol. The van der Waals surface area contributed by atoms with Gasteiger partial charge >= 0.3 is 0 Å². The van der Waals surface area contributed by atoms with Gasteiger partial charge in [-0.25, -0.2) is 9.97 Å². The van der Waals surface area contributed by atoms with Gasteiger partial charge in [0.25, 0.3) is 11.8 Å². The van der Waals surface area contributed by atoms with E-state index in [-0.39, 0.29) is 17.5 Å². The summed E-state index contributed by atoms with van der Waals surface area (Å²) in [7, 11) is 0. The van der Waals surface area contributed by atoms with Crippen molar-refractivity contribution in [2.45, 2.75) is 5.16 Å². The van der Waals surface area contributed by atoms with E-state index in [0.717, 1.165) is 5.56 Å². The van der Waals surface area contributed by atoms with E-state index < -0.39 is 0 Å². The Kier molecular flexibility index (Phi) is 7.27. The van der Waals surface area contributed by atoms with Crippen molar-refractivity contribution in [1.29, 1.82) is 0 Å². The van der Waals surface area contributed by atoms with Crippen LogP contribution >= 0.6 is 11.8 Å². The summed E-state index contributed by atoms with van der Waals surface area (Å²) >= 11 is 1.24. The highest BCUT2D eigenvalue weighted by atomic mass is 32.2. The van der Waals surface area contributed by atoms with Crippen molar-refractivity contribution >= 4 is 28.5 Å². The molecule has 2 amide bonds. The third-order valence-electron chi connectivity index (χ3n) is 4.79. The molecule has 2 heterocycles. The number of aromatic nitrogens is 2. The summed E-state index contributed by atoms with van der Waals surface area (Å²) in [6.07, 6.45) is 3.29. The first-order valence-electron chi connectivity index (χ1n) is 10.2. The van der Waals surface area contributed by atoms with E-state index in [9.17, 15) is 9.59 Å². The predicted octanol–water partition coefficient (Wildman–Crippen LogP) is 3.23. The van der Waals surface area contributed by atoms with Crippen LogP contribution in [0.1, 0.15) is 15.9 Å². The van der Waals surface area contributed by atoms with Gasteiger partial charge in [-0.1, -0.05) is 48.5 Å². The van der Waals surface area contributed by atoms with Crippen LogP contribution in [0, 0.1) is 0 Å². The molecule has 1 aliphatic rings. The Morgan fingerprint density at radius 2 is 1.44 bits per heavy atom. The number of amides is 2. The zero-order chi connectivity index (χ0) is 22.2. The molecule has 4 rings (SSSR count). The Morgan fingerprint density at radius 1 is 0.844 bits per heavy atom. The minimum Gasteiger partial charge on any atom is -0.378 e. The molecular weight excluding hydrogens is 424 g/mol. The summed E-state index contributed by atoms with van der Waals surface area (Å²) in [5.74, 6) is -0.620. The molecule has 1 saturated heterocycles. The number of carbonyl (C=O) groups is 2. The molecule has 32 heavy (non-hydrogen) atoms. The number of thioether (sulfide) groups is 1. The first-order valence-corrected chi connectivity index (χ1v) is 11.0. The third-order valence-corrected chi connectivity index (χ3v) is 5.82. The number of hydrogen-bond donors (Lipinski definition) is 1. The van der Waals surface area contributed by atoms with E-state index in [0.29, 0.717) is 41.9 Å². The van der Waals surface area contributed by atoms with Crippen molar-refractivity contribution in [3.8, 4) is 0 Å². The van der Waals surface area contributed by atoms with Crippen molar-refractivity contribution < 1.29 is 14.3 Å². The minimum absolute atomic E-state index is 0.199. The van der Waals surface area contributed by atoms with Crippen molar-refractivity contribution in [2.24, 2.45) is 0 Å². The van der Waals surface area contributed by atoms with Crippen LogP contribution in [-0.4, -0.2) is 53.0 Å². The van der Waals surface area contributed by atoms with Crippen LogP contribution < -0.4 is 5.32 Å². The summed E-state index contributed by atoms with van der Waals surface area (Å²) < 4.78 is 5.40. The first kappa shape index (κ1) is 21.7. The third kappa shape index (κ3) is 5.40. The quantitative estimate of drug-likeness (QED) is 0.356. The number of hydrogen-bond acceptors (Lipinski definition) is 6. The monoisotopic (exact) mass is 446 g/mol. The molecule has 0 aliphatic carbocycles. The van der Waals surface area contributed by atoms with Gasteiger partial charge in [0.1, 0.15) is 5.70 Å². The van der Waals surface area contributed by atoms with Crippen molar-refractivity contribution in [1.82, 2.24) is 20.2 Å². The number of ether oxygens (including phenoxy) is 1. The van der Waals surface area contributed by atoms with Crippen LogP contribution in [0.2, 0.25) is 0 Å². The Hall–Kier alpha value is -3.49. The van der Waals surface area contributed by atoms with Gasteiger partial charge in [0.15, 0.2) is 5.16 Å². The zero-order valence-electron chi connectivity index (χ0n) is 17.3. The van der Waals surface area contributed by atoms with Gasteiger partial charge in [0.05, 0.1) is 18.1 Å². The number of benzene rings is 2. The van der Waals surface area contributed by atoms with E-state index in [2.05, 4.69) is 15.3 Å². The lowest BCUT2D eigenvalue weighted by molar-refractivity contribution is -0.131. The summed E-state index contributed by atoms with van der Waals surface area (Å²) in [4.78, 5) is 37.5. The molecule has 0 unspecified atom stereocenters. The fourth-order valence-corrected chi connectivity index (χ4v) is 4.08. The molecule has 3 aromatic rings. The van der Waals surface area contributed by atoms with Gasteiger partial charge in [-0.2, -0.15) is 0 Å². The van der Waals surface area contributed by atoms with Crippen LogP contribution in [0.15, 0.2) is 90.0 Å². The fourth-order valence-electron chi connectivity index (χ4n) is 3.18. The van der Waals surface area contributed by atoms with Crippen LogP contribution in [-0.2, 0) is 9.53 Å². The molecule has 162 valence electrons. The number of nitrogens with zero attached hydrogens (tertiary/aromatic N) is 3. The normalized spacial score (nSPS) is 14.4. The average molecular weight is 447 g/mol. The molecule has 0 bridgehead atoms. The number of carbonyl (C=O) groups excluding carboxylic acids is 2. The maximum Gasteiger partial charge on any atom is 0.271 e. The summed E-state index contributed by atoms with van der Waals surface area (Å²) in [5.41, 5.74) is 1.45. The Bertz CT molecular complexity index is 1090. The maximum atomic E-state index is 13.6. The second-order valence-corrected chi connectivity index (χ2v) is 7.91. The molecule has 1 aliphatic heterocycles. The lowest BCUT2D eigenvalue weighted by atomic mass is 10.1. The molecule has 1 aromatic heterocycles. The Balaban J connectivity index is 1.79. The highest BCUT2D eigenvalue weighted by Gasteiger charge is 2.27. The van der Waals surface area contributed by atoms with Gasteiger partial charge in [-0.15, -0.1) is 0 Å². The highest BCUT2D eigenvalue weighted by molar-refractivity contribution is 8.08. The first-order chi connectivity index (χ1) is 15.7. The molecule has 0 saturated carbocycles. The largest absolute Gasteiger partial charge is 0.378 e. The lowest BCUT2D eigenvalue weighted by Gasteiger charge is -2.28. The fraction of sp³-hybridized carbons (Fsp3) is 0.167. The van der Waals surface area contributed by atoms with Crippen LogP contribution in [0.25, 0.3) is 4.91 Å². The van der Waals surface area contributed by atoms with E-state index >= 15 is 0 Å². The zero-order valence-corrected chi connectivity index (χ0v) is 18.1. The molecule has 1 N–H and O–H groups in total. The van der Waals surface area contributed by atoms with Gasteiger partial charge in [0, 0.05) is 31.0 Å². The van der Waals surface area contributed by atoms with E-state index in [1.165, 1.54) is 11.8 Å². The number of nitrogens with one attached hydrogen (secondary N) is 1. The topological polar surface area (TPSA) is 84.4 Å².